The normalized spacial score (nSPS) is 18.5. The molecule has 0 radical (unpaired) electrons. The average Bonchev–Trinajstić information content (AvgIpc) is 2.40. The highest BCUT2D eigenvalue weighted by atomic mass is 35.5. The summed E-state index contributed by atoms with van der Waals surface area (Å²) >= 11 is 6.27. The number of nitrogens with one attached hydrogen (secondary N) is 1. The van der Waals surface area contributed by atoms with Crippen molar-refractivity contribution >= 4 is 11.6 Å². The van der Waals surface area contributed by atoms with E-state index in [2.05, 4.69) is 10.4 Å². The third kappa shape index (κ3) is 2.11. The summed E-state index contributed by atoms with van der Waals surface area (Å²) in [5, 5.41) is 8.61. The van der Waals surface area contributed by atoms with Crippen LogP contribution in [0.4, 0.5) is 0 Å². The maximum Gasteiger partial charge on any atom is 0.0847 e. The summed E-state index contributed by atoms with van der Waals surface area (Å²) in [6.45, 7) is 1.96. The monoisotopic (exact) mass is 241 g/mol. The molecule has 16 heavy (non-hydrogen) atoms. The Morgan fingerprint density at radius 2 is 2.25 bits per heavy atom. The smallest absolute Gasteiger partial charge is 0.0847 e. The summed E-state index contributed by atoms with van der Waals surface area (Å²) in [7, 11) is 4.02. The molecule has 1 aliphatic carbocycles. The van der Waals surface area contributed by atoms with Crippen molar-refractivity contribution in [1.82, 2.24) is 15.1 Å². The molecule has 1 N–H and O–H groups in total. The van der Waals surface area contributed by atoms with Crippen molar-refractivity contribution in [1.29, 1.82) is 0 Å². The van der Waals surface area contributed by atoms with Crippen LogP contribution in [0.15, 0.2) is 0 Å². The molecule has 0 spiro atoms. The maximum absolute atomic E-state index is 6.27. The molecule has 2 rings (SSSR count). The fourth-order valence-corrected chi connectivity index (χ4v) is 2.69. The van der Waals surface area contributed by atoms with Gasteiger partial charge in [0.15, 0.2) is 0 Å². The Kier molecular flexibility index (Phi) is 3.55. The number of rotatable bonds is 4. The summed E-state index contributed by atoms with van der Waals surface area (Å²) in [4.78, 5) is 0. The topological polar surface area (TPSA) is 29.9 Å². The molecule has 90 valence electrons. The minimum absolute atomic E-state index is 0.543. The van der Waals surface area contributed by atoms with Gasteiger partial charge in [-0.3, -0.25) is 4.68 Å². The lowest BCUT2D eigenvalue weighted by Gasteiger charge is -2.33. The van der Waals surface area contributed by atoms with Gasteiger partial charge in [-0.15, -0.1) is 0 Å². The molecule has 1 aromatic rings. The standard InChI is InChI=1S/C12H20ClN3/c1-8-12(13)11(16(3)15-8)7-10(14-2)9-5-4-6-9/h9-10,14H,4-7H2,1-3H3. The summed E-state index contributed by atoms with van der Waals surface area (Å²) in [5.41, 5.74) is 2.09. The SMILES string of the molecule is CNC(Cc1c(Cl)c(C)nn1C)C1CCC1. The number of aromatic nitrogens is 2. The van der Waals surface area contributed by atoms with Gasteiger partial charge in [0.2, 0.25) is 0 Å². The molecule has 0 bridgehead atoms. The van der Waals surface area contributed by atoms with Crippen molar-refractivity contribution in [2.24, 2.45) is 13.0 Å². The lowest BCUT2D eigenvalue weighted by Crippen LogP contribution is -2.39. The Balaban J connectivity index is 2.11. The molecule has 1 aromatic heterocycles. The lowest BCUT2D eigenvalue weighted by molar-refractivity contribution is 0.233. The second-order valence-electron chi connectivity index (χ2n) is 4.76. The third-order valence-electron chi connectivity index (χ3n) is 3.76. The highest BCUT2D eigenvalue weighted by Crippen LogP contribution is 2.32. The Bertz CT molecular complexity index is 369. The van der Waals surface area contributed by atoms with Crippen LogP contribution in [0.2, 0.25) is 5.02 Å². The Hall–Kier alpha value is -0.540. The minimum Gasteiger partial charge on any atom is -0.316 e. The molecule has 3 nitrogen and oxygen atoms in total. The molecule has 0 amide bonds. The maximum atomic E-state index is 6.27. The van der Waals surface area contributed by atoms with Crippen LogP contribution in [-0.4, -0.2) is 22.9 Å². The molecule has 0 saturated heterocycles. The fourth-order valence-electron chi connectivity index (χ4n) is 2.46. The van der Waals surface area contributed by atoms with E-state index in [1.165, 1.54) is 19.3 Å². The van der Waals surface area contributed by atoms with Crippen LogP contribution < -0.4 is 5.32 Å². The Morgan fingerprint density at radius 3 is 2.62 bits per heavy atom. The van der Waals surface area contributed by atoms with Crippen molar-refractivity contribution in [3.8, 4) is 0 Å². The van der Waals surface area contributed by atoms with E-state index in [1.807, 2.05) is 25.7 Å². The van der Waals surface area contributed by atoms with Gasteiger partial charge in [0.1, 0.15) is 0 Å². The van der Waals surface area contributed by atoms with Crippen LogP contribution in [0.3, 0.4) is 0 Å². The van der Waals surface area contributed by atoms with Gasteiger partial charge >= 0.3 is 0 Å². The summed E-state index contributed by atoms with van der Waals surface area (Å²) in [6, 6.07) is 0.543. The van der Waals surface area contributed by atoms with Crippen LogP contribution in [-0.2, 0) is 13.5 Å². The quantitative estimate of drug-likeness (QED) is 0.877. The van der Waals surface area contributed by atoms with Gasteiger partial charge in [0.05, 0.1) is 16.4 Å². The van der Waals surface area contributed by atoms with Crippen LogP contribution in [0.1, 0.15) is 30.7 Å². The van der Waals surface area contributed by atoms with E-state index in [9.17, 15) is 0 Å². The van der Waals surface area contributed by atoms with Gasteiger partial charge in [0, 0.05) is 19.5 Å². The van der Waals surface area contributed by atoms with E-state index < -0.39 is 0 Å². The Labute approximate surface area is 102 Å². The van der Waals surface area contributed by atoms with Crippen molar-refractivity contribution in [3.05, 3.63) is 16.4 Å². The third-order valence-corrected chi connectivity index (χ3v) is 4.26. The number of halogens is 1. The molecular weight excluding hydrogens is 222 g/mol. The minimum atomic E-state index is 0.543. The van der Waals surface area contributed by atoms with Gasteiger partial charge in [0.25, 0.3) is 0 Å². The predicted octanol–water partition coefficient (Wildman–Crippen LogP) is 2.31. The lowest BCUT2D eigenvalue weighted by atomic mass is 9.78. The first kappa shape index (κ1) is 11.9. The zero-order valence-electron chi connectivity index (χ0n) is 10.3. The summed E-state index contributed by atoms with van der Waals surface area (Å²) < 4.78 is 1.92. The number of aryl methyl sites for hydroxylation is 2. The first-order valence-corrected chi connectivity index (χ1v) is 6.36. The molecule has 4 heteroatoms. The van der Waals surface area contributed by atoms with E-state index in [4.69, 9.17) is 11.6 Å². The number of hydrogen-bond donors (Lipinski definition) is 1. The van der Waals surface area contributed by atoms with E-state index >= 15 is 0 Å². The molecule has 1 unspecified atom stereocenters. The van der Waals surface area contributed by atoms with Crippen LogP contribution in [0.5, 0.6) is 0 Å². The summed E-state index contributed by atoms with van der Waals surface area (Å²) in [5.74, 6) is 0.816. The van der Waals surface area contributed by atoms with Crippen molar-refractivity contribution in [2.75, 3.05) is 7.05 Å². The zero-order valence-corrected chi connectivity index (χ0v) is 11.0. The molecule has 1 aliphatic rings. The molecule has 1 atom stereocenters. The van der Waals surface area contributed by atoms with E-state index in [0.29, 0.717) is 6.04 Å². The van der Waals surface area contributed by atoms with Crippen molar-refractivity contribution < 1.29 is 0 Å². The van der Waals surface area contributed by atoms with Gasteiger partial charge in [-0.2, -0.15) is 5.10 Å². The molecule has 0 aliphatic heterocycles. The van der Waals surface area contributed by atoms with Gasteiger partial charge in [-0.05, 0) is 32.7 Å². The first-order chi connectivity index (χ1) is 7.63. The van der Waals surface area contributed by atoms with Crippen molar-refractivity contribution in [2.45, 2.75) is 38.6 Å². The predicted molar refractivity (Wildman–Crippen MR) is 66.8 cm³/mol. The molecule has 1 saturated carbocycles. The van der Waals surface area contributed by atoms with Crippen LogP contribution in [0.25, 0.3) is 0 Å². The number of likely N-dealkylation sites (N-methyl/N-ethyl adjacent to an activating group) is 1. The second-order valence-corrected chi connectivity index (χ2v) is 5.14. The average molecular weight is 242 g/mol. The summed E-state index contributed by atoms with van der Waals surface area (Å²) in [6.07, 6.45) is 5.05. The second kappa shape index (κ2) is 4.76. The van der Waals surface area contributed by atoms with E-state index in [1.54, 1.807) is 0 Å². The first-order valence-electron chi connectivity index (χ1n) is 5.98. The largest absolute Gasteiger partial charge is 0.316 e. The van der Waals surface area contributed by atoms with Crippen LogP contribution in [0, 0.1) is 12.8 Å². The fraction of sp³-hybridized carbons (Fsp3) is 0.750. The number of nitrogens with zero attached hydrogens (tertiary/aromatic N) is 2. The molecule has 1 heterocycles. The Morgan fingerprint density at radius 1 is 1.56 bits per heavy atom. The molecular formula is C12H20ClN3. The highest BCUT2D eigenvalue weighted by molar-refractivity contribution is 6.31. The van der Waals surface area contributed by atoms with E-state index in [0.717, 1.165) is 28.7 Å². The molecule has 1 fully saturated rings. The zero-order chi connectivity index (χ0) is 11.7. The highest BCUT2D eigenvalue weighted by Gasteiger charge is 2.27. The number of hydrogen-bond acceptors (Lipinski definition) is 2. The molecule has 0 aromatic carbocycles. The van der Waals surface area contributed by atoms with Crippen molar-refractivity contribution in [3.63, 3.8) is 0 Å². The van der Waals surface area contributed by atoms with Gasteiger partial charge in [-0.25, -0.2) is 0 Å². The van der Waals surface area contributed by atoms with Gasteiger partial charge in [-0.1, -0.05) is 18.0 Å². The van der Waals surface area contributed by atoms with E-state index in [-0.39, 0.29) is 0 Å². The van der Waals surface area contributed by atoms with Gasteiger partial charge < -0.3 is 5.32 Å². The van der Waals surface area contributed by atoms with Crippen LogP contribution >= 0.6 is 11.6 Å².